The first-order valence-electron chi connectivity index (χ1n) is 3.38. The van der Waals surface area contributed by atoms with Gasteiger partial charge in [-0.3, -0.25) is 0 Å². The minimum Gasteiger partial charge on any atom is -0.225 e. The zero-order valence-electron chi connectivity index (χ0n) is 7.19. The summed E-state index contributed by atoms with van der Waals surface area (Å²) in [4.78, 5) is 1.57. The summed E-state index contributed by atoms with van der Waals surface area (Å²) in [6.07, 6.45) is 6.96. The average Bonchev–Trinajstić information content (AvgIpc) is 1.86. The van der Waals surface area contributed by atoms with Crippen LogP contribution < -0.4 is 0 Å². The maximum Gasteiger partial charge on any atom is -0.0225 e. The van der Waals surface area contributed by atoms with Crippen molar-refractivity contribution >= 4 is 10.0 Å². The van der Waals surface area contributed by atoms with Crippen molar-refractivity contribution in [3.63, 3.8) is 0 Å². The molecule has 0 heterocycles. The molecule has 0 bridgehead atoms. The first kappa shape index (κ1) is 9.09. The molecule has 0 fully saturated rings. The largest absolute Gasteiger partial charge is 0.225 e. The highest BCUT2D eigenvalue weighted by Crippen LogP contribution is 2.47. The van der Waals surface area contributed by atoms with Crippen LogP contribution in [0.3, 0.4) is 0 Å². The summed E-state index contributed by atoms with van der Waals surface area (Å²) in [5.74, 6) is 1.31. The van der Waals surface area contributed by atoms with Gasteiger partial charge in [-0.05, 0) is 37.0 Å². The fourth-order valence-electron chi connectivity index (χ4n) is 0.547. The van der Waals surface area contributed by atoms with E-state index < -0.39 is 0 Å². The standard InChI is InChI=1S/C8H18S/c1-6-8(3)9(4,5)7-2/h6H,7H2,1-5H3. The fraction of sp³-hybridized carbons (Fsp3) is 0.750. The molecule has 0 N–H and O–H groups in total. The summed E-state index contributed by atoms with van der Waals surface area (Å²) >= 11 is 0. The highest BCUT2D eigenvalue weighted by molar-refractivity contribution is 8.35. The molecule has 0 rings (SSSR count). The Labute approximate surface area is 60.7 Å². The van der Waals surface area contributed by atoms with Crippen LogP contribution >= 0.6 is 10.0 Å². The van der Waals surface area contributed by atoms with Crippen LogP contribution in [0.25, 0.3) is 0 Å². The monoisotopic (exact) mass is 146 g/mol. The van der Waals surface area contributed by atoms with E-state index in [0.717, 1.165) is 0 Å². The molecule has 0 aliphatic rings. The van der Waals surface area contributed by atoms with Gasteiger partial charge in [0.15, 0.2) is 0 Å². The Morgan fingerprint density at radius 3 is 2.00 bits per heavy atom. The number of allylic oxidation sites excluding steroid dienone is 2. The summed E-state index contributed by atoms with van der Waals surface area (Å²) in [7, 11) is -0.387. The normalized spacial score (nSPS) is 15.9. The molecular formula is C8H18S. The number of hydrogen-bond donors (Lipinski definition) is 0. The van der Waals surface area contributed by atoms with Gasteiger partial charge >= 0.3 is 0 Å². The molecule has 0 aromatic rings. The van der Waals surface area contributed by atoms with Crippen molar-refractivity contribution in [1.29, 1.82) is 0 Å². The van der Waals surface area contributed by atoms with Crippen LogP contribution in [0.1, 0.15) is 20.8 Å². The third-order valence-electron chi connectivity index (χ3n) is 2.00. The highest BCUT2D eigenvalue weighted by atomic mass is 32.3. The van der Waals surface area contributed by atoms with Gasteiger partial charge in [0.25, 0.3) is 0 Å². The summed E-state index contributed by atoms with van der Waals surface area (Å²) in [6.45, 7) is 6.63. The lowest BCUT2D eigenvalue weighted by Gasteiger charge is -2.30. The predicted molar refractivity (Wildman–Crippen MR) is 49.4 cm³/mol. The van der Waals surface area contributed by atoms with E-state index >= 15 is 0 Å². The molecule has 0 amide bonds. The van der Waals surface area contributed by atoms with Crippen molar-refractivity contribution in [2.75, 3.05) is 18.3 Å². The molecule has 0 spiro atoms. The third kappa shape index (κ3) is 2.44. The van der Waals surface area contributed by atoms with Gasteiger partial charge in [-0.1, -0.05) is 13.0 Å². The Morgan fingerprint density at radius 1 is 1.44 bits per heavy atom. The van der Waals surface area contributed by atoms with Crippen molar-refractivity contribution in [3.8, 4) is 0 Å². The van der Waals surface area contributed by atoms with E-state index in [1.54, 1.807) is 4.91 Å². The molecule has 0 aromatic heterocycles. The van der Waals surface area contributed by atoms with Crippen LogP contribution in [0, 0.1) is 0 Å². The quantitative estimate of drug-likeness (QED) is 0.562. The lowest BCUT2D eigenvalue weighted by Crippen LogP contribution is -1.98. The summed E-state index contributed by atoms with van der Waals surface area (Å²) in [5.41, 5.74) is 0. The molecule has 0 radical (unpaired) electrons. The average molecular weight is 146 g/mol. The third-order valence-corrected chi connectivity index (χ3v) is 5.42. The molecule has 0 atom stereocenters. The lowest BCUT2D eigenvalue weighted by atomic mass is 10.6. The molecule has 0 aliphatic heterocycles. The van der Waals surface area contributed by atoms with Crippen LogP contribution in [0.5, 0.6) is 0 Å². The maximum atomic E-state index is 2.36. The molecule has 0 unspecified atom stereocenters. The second kappa shape index (κ2) is 3.31. The van der Waals surface area contributed by atoms with E-state index in [0.29, 0.717) is 0 Å². The van der Waals surface area contributed by atoms with Crippen LogP contribution in [-0.2, 0) is 0 Å². The van der Waals surface area contributed by atoms with Gasteiger partial charge in [-0.15, -0.1) is 0 Å². The van der Waals surface area contributed by atoms with E-state index in [1.807, 2.05) is 0 Å². The number of rotatable bonds is 2. The van der Waals surface area contributed by atoms with Gasteiger partial charge < -0.3 is 0 Å². The Bertz CT molecular complexity index is 112. The first-order valence-corrected chi connectivity index (χ1v) is 6.00. The SMILES string of the molecule is CC=C(C)S(C)(C)CC. The second-order valence-corrected chi connectivity index (χ2v) is 7.02. The van der Waals surface area contributed by atoms with Crippen LogP contribution in [0.4, 0.5) is 0 Å². The molecule has 0 saturated heterocycles. The van der Waals surface area contributed by atoms with Gasteiger partial charge in [-0.25, -0.2) is 10.0 Å². The summed E-state index contributed by atoms with van der Waals surface area (Å²) < 4.78 is 0. The van der Waals surface area contributed by atoms with Crippen LogP contribution in [0.15, 0.2) is 11.0 Å². The van der Waals surface area contributed by atoms with Crippen LogP contribution in [-0.4, -0.2) is 18.3 Å². The van der Waals surface area contributed by atoms with E-state index in [-0.39, 0.29) is 10.0 Å². The number of hydrogen-bond acceptors (Lipinski definition) is 0. The molecule has 0 aliphatic carbocycles. The fourth-order valence-corrected chi connectivity index (χ4v) is 1.64. The first-order chi connectivity index (χ1) is 4.04. The zero-order chi connectivity index (χ0) is 7.49. The van der Waals surface area contributed by atoms with Gasteiger partial charge in [-0.2, -0.15) is 0 Å². The second-order valence-electron chi connectivity index (χ2n) is 2.73. The minimum absolute atomic E-state index is 0.387. The van der Waals surface area contributed by atoms with Gasteiger partial charge in [0.2, 0.25) is 0 Å². The highest BCUT2D eigenvalue weighted by Gasteiger charge is 2.08. The zero-order valence-corrected chi connectivity index (χ0v) is 8.01. The molecule has 1 heteroatoms. The Balaban J connectivity index is 4.14. The van der Waals surface area contributed by atoms with Crippen molar-refractivity contribution in [1.82, 2.24) is 0 Å². The van der Waals surface area contributed by atoms with E-state index in [4.69, 9.17) is 0 Å². The predicted octanol–water partition coefficient (Wildman–Crippen LogP) is 2.99. The van der Waals surface area contributed by atoms with Crippen molar-refractivity contribution in [2.45, 2.75) is 20.8 Å². The van der Waals surface area contributed by atoms with Crippen LogP contribution in [0.2, 0.25) is 0 Å². The summed E-state index contributed by atoms with van der Waals surface area (Å²) in [6, 6.07) is 0. The van der Waals surface area contributed by atoms with Crippen molar-refractivity contribution < 1.29 is 0 Å². The Kier molecular flexibility index (Phi) is 3.34. The molecular weight excluding hydrogens is 128 g/mol. The van der Waals surface area contributed by atoms with Gasteiger partial charge in [0, 0.05) is 0 Å². The van der Waals surface area contributed by atoms with Gasteiger partial charge in [0.1, 0.15) is 0 Å². The molecule has 0 aromatic carbocycles. The topological polar surface area (TPSA) is 0 Å². The molecule has 0 nitrogen and oxygen atoms in total. The Morgan fingerprint density at radius 2 is 1.89 bits per heavy atom. The molecule has 9 heavy (non-hydrogen) atoms. The molecule has 56 valence electrons. The van der Waals surface area contributed by atoms with E-state index in [9.17, 15) is 0 Å². The maximum absolute atomic E-state index is 2.36. The molecule has 0 saturated carbocycles. The lowest BCUT2D eigenvalue weighted by molar-refractivity contribution is 1.46. The van der Waals surface area contributed by atoms with Crippen molar-refractivity contribution in [3.05, 3.63) is 11.0 Å². The minimum atomic E-state index is -0.387. The van der Waals surface area contributed by atoms with E-state index in [1.165, 1.54) is 5.75 Å². The smallest absolute Gasteiger partial charge is 0.0225 e. The Hall–Kier alpha value is 0.0900. The van der Waals surface area contributed by atoms with E-state index in [2.05, 4.69) is 39.4 Å². The van der Waals surface area contributed by atoms with Crippen molar-refractivity contribution in [2.24, 2.45) is 0 Å². The van der Waals surface area contributed by atoms with Gasteiger partial charge in [0.05, 0.1) is 0 Å². The summed E-state index contributed by atoms with van der Waals surface area (Å²) in [5, 5.41) is 0.